The molecule has 2 aromatic rings. The topological polar surface area (TPSA) is 66.5 Å². The fourth-order valence-electron chi connectivity index (χ4n) is 2.42. The quantitative estimate of drug-likeness (QED) is 0.820. The van der Waals surface area contributed by atoms with Gasteiger partial charge in [-0.2, -0.15) is 0 Å². The summed E-state index contributed by atoms with van der Waals surface area (Å²) in [4.78, 5) is 37.8. The highest BCUT2D eigenvalue weighted by molar-refractivity contribution is 8.18. The zero-order valence-corrected chi connectivity index (χ0v) is 14.5. The van der Waals surface area contributed by atoms with Crippen LogP contribution in [0.15, 0.2) is 59.5 Å². The van der Waals surface area contributed by atoms with Crippen LogP contribution < -0.4 is 5.32 Å². The second kappa shape index (κ2) is 7.97. The summed E-state index contributed by atoms with van der Waals surface area (Å²) in [7, 11) is 0. The van der Waals surface area contributed by atoms with Gasteiger partial charge in [-0.25, -0.2) is 4.39 Å². The first-order chi connectivity index (χ1) is 12.6. The Hall–Kier alpha value is -2.93. The van der Waals surface area contributed by atoms with Gasteiger partial charge < -0.3 is 5.32 Å². The Kier molecular flexibility index (Phi) is 5.48. The minimum absolute atomic E-state index is 0.0248. The minimum Gasteiger partial charge on any atom is -0.350 e. The molecule has 0 atom stereocenters. The van der Waals surface area contributed by atoms with Crippen LogP contribution in [0.2, 0.25) is 0 Å². The van der Waals surface area contributed by atoms with Gasteiger partial charge in [0.2, 0.25) is 0 Å². The molecule has 1 aliphatic heterocycles. The maximum Gasteiger partial charge on any atom is 0.293 e. The van der Waals surface area contributed by atoms with Crippen molar-refractivity contribution >= 4 is 34.9 Å². The third-order valence-corrected chi connectivity index (χ3v) is 4.62. The molecule has 1 saturated heterocycles. The number of imide groups is 1. The summed E-state index contributed by atoms with van der Waals surface area (Å²) in [6.45, 7) is 0.0703. The van der Waals surface area contributed by atoms with Gasteiger partial charge in [0.1, 0.15) is 5.82 Å². The van der Waals surface area contributed by atoms with E-state index in [4.69, 9.17) is 0 Å². The van der Waals surface area contributed by atoms with Crippen molar-refractivity contribution in [2.45, 2.75) is 0 Å². The first kappa shape index (κ1) is 17.9. The van der Waals surface area contributed by atoms with Crippen LogP contribution in [0.4, 0.5) is 9.18 Å². The number of halogens is 1. The summed E-state index contributed by atoms with van der Waals surface area (Å²) in [6.07, 6.45) is 1.66. The summed E-state index contributed by atoms with van der Waals surface area (Å²) < 4.78 is 13.6. The van der Waals surface area contributed by atoms with Crippen molar-refractivity contribution in [2.75, 3.05) is 13.1 Å². The lowest BCUT2D eigenvalue weighted by Crippen LogP contribution is -2.37. The molecule has 26 heavy (non-hydrogen) atoms. The van der Waals surface area contributed by atoms with Crippen LogP contribution in [0.1, 0.15) is 15.9 Å². The van der Waals surface area contributed by atoms with E-state index in [0.717, 1.165) is 22.2 Å². The summed E-state index contributed by atoms with van der Waals surface area (Å²) >= 11 is 0.860. The zero-order valence-electron chi connectivity index (χ0n) is 13.6. The molecule has 2 aromatic carbocycles. The van der Waals surface area contributed by atoms with E-state index in [-0.39, 0.29) is 18.7 Å². The smallest absolute Gasteiger partial charge is 0.293 e. The number of amides is 3. The highest BCUT2D eigenvalue weighted by Gasteiger charge is 2.34. The number of hydrogen-bond donors (Lipinski definition) is 1. The molecule has 0 aliphatic carbocycles. The molecule has 5 nitrogen and oxygen atoms in total. The van der Waals surface area contributed by atoms with E-state index < -0.39 is 22.9 Å². The van der Waals surface area contributed by atoms with Gasteiger partial charge in [0.05, 0.1) is 10.5 Å². The minimum atomic E-state index is -0.623. The monoisotopic (exact) mass is 370 g/mol. The highest BCUT2D eigenvalue weighted by Crippen LogP contribution is 2.31. The Morgan fingerprint density at radius 2 is 1.77 bits per heavy atom. The lowest BCUT2D eigenvalue weighted by molar-refractivity contribution is -0.122. The summed E-state index contributed by atoms with van der Waals surface area (Å²) in [6, 6.07) is 14.8. The summed E-state index contributed by atoms with van der Waals surface area (Å²) in [5, 5.41) is 2.13. The molecule has 0 saturated carbocycles. The molecule has 3 rings (SSSR count). The highest BCUT2D eigenvalue weighted by atomic mass is 32.2. The number of nitrogens with one attached hydrogen (secondary N) is 1. The molecule has 132 valence electrons. The van der Waals surface area contributed by atoms with E-state index in [1.54, 1.807) is 12.1 Å². The van der Waals surface area contributed by atoms with Crippen molar-refractivity contribution in [3.63, 3.8) is 0 Å². The number of rotatable bonds is 5. The molecule has 3 amide bonds. The predicted octanol–water partition coefficient (Wildman–Crippen LogP) is 3.29. The van der Waals surface area contributed by atoms with Crippen LogP contribution in [0, 0.1) is 5.82 Å². The lowest BCUT2D eigenvalue weighted by atomic mass is 10.2. The lowest BCUT2D eigenvalue weighted by Gasteiger charge is -2.13. The van der Waals surface area contributed by atoms with Crippen molar-refractivity contribution in [1.82, 2.24) is 10.2 Å². The average molecular weight is 370 g/mol. The molecule has 0 unspecified atom stereocenters. The van der Waals surface area contributed by atoms with Crippen LogP contribution in [0.5, 0.6) is 0 Å². The summed E-state index contributed by atoms with van der Waals surface area (Å²) in [5.41, 5.74) is 0.747. The van der Waals surface area contributed by atoms with E-state index in [9.17, 15) is 18.8 Å². The van der Waals surface area contributed by atoms with Crippen molar-refractivity contribution < 1.29 is 18.8 Å². The Morgan fingerprint density at radius 3 is 2.50 bits per heavy atom. The van der Waals surface area contributed by atoms with Crippen LogP contribution in [0.25, 0.3) is 6.08 Å². The molecular weight excluding hydrogens is 355 g/mol. The van der Waals surface area contributed by atoms with Gasteiger partial charge in [-0.3, -0.25) is 19.3 Å². The molecule has 1 fully saturated rings. The maximum atomic E-state index is 13.6. The second-order valence-electron chi connectivity index (χ2n) is 5.48. The molecule has 0 radical (unpaired) electrons. The van der Waals surface area contributed by atoms with Crippen molar-refractivity contribution in [2.24, 2.45) is 0 Å². The third-order valence-electron chi connectivity index (χ3n) is 3.71. The molecule has 7 heteroatoms. The van der Waals surface area contributed by atoms with Crippen molar-refractivity contribution in [3.05, 3.63) is 76.4 Å². The normalized spacial score (nSPS) is 15.6. The molecule has 0 bridgehead atoms. The van der Waals surface area contributed by atoms with Gasteiger partial charge in [-0.15, -0.1) is 0 Å². The van der Waals surface area contributed by atoms with Gasteiger partial charge >= 0.3 is 0 Å². The van der Waals surface area contributed by atoms with E-state index in [1.165, 1.54) is 18.2 Å². The number of hydrogen-bond acceptors (Lipinski definition) is 4. The van der Waals surface area contributed by atoms with Crippen LogP contribution >= 0.6 is 11.8 Å². The predicted molar refractivity (Wildman–Crippen MR) is 97.9 cm³/mol. The zero-order chi connectivity index (χ0) is 18.5. The Labute approximate surface area is 153 Å². The molecule has 1 aliphatic rings. The Morgan fingerprint density at radius 1 is 1.08 bits per heavy atom. The molecule has 0 spiro atoms. The SMILES string of the molecule is O=C(NCCN1C(=O)SC(=Cc2ccccc2)C1=O)c1ccccc1F. The van der Waals surface area contributed by atoms with Gasteiger partial charge in [0, 0.05) is 13.1 Å². The first-order valence-corrected chi connectivity index (χ1v) is 8.71. The van der Waals surface area contributed by atoms with E-state index in [0.29, 0.717) is 4.91 Å². The van der Waals surface area contributed by atoms with E-state index in [2.05, 4.69) is 5.32 Å². The molecule has 1 N–H and O–H groups in total. The van der Waals surface area contributed by atoms with Crippen molar-refractivity contribution in [1.29, 1.82) is 0 Å². The molecule has 1 heterocycles. The number of thioether (sulfide) groups is 1. The average Bonchev–Trinajstić information content (AvgIpc) is 2.90. The van der Waals surface area contributed by atoms with Crippen LogP contribution in [-0.4, -0.2) is 35.0 Å². The fourth-order valence-corrected chi connectivity index (χ4v) is 3.28. The fraction of sp³-hybridized carbons (Fsp3) is 0.105. The van der Waals surface area contributed by atoms with E-state index >= 15 is 0 Å². The second-order valence-corrected chi connectivity index (χ2v) is 6.47. The number of nitrogens with zero attached hydrogens (tertiary/aromatic N) is 1. The number of benzene rings is 2. The van der Waals surface area contributed by atoms with Gasteiger partial charge in [-0.05, 0) is 35.5 Å². The molecule has 0 aromatic heterocycles. The van der Waals surface area contributed by atoms with Crippen LogP contribution in [-0.2, 0) is 4.79 Å². The third kappa shape index (κ3) is 4.00. The number of carbonyl (C=O) groups is 3. The van der Waals surface area contributed by atoms with E-state index in [1.807, 2.05) is 30.3 Å². The van der Waals surface area contributed by atoms with Gasteiger partial charge in [0.15, 0.2) is 0 Å². The summed E-state index contributed by atoms with van der Waals surface area (Å²) in [5.74, 6) is -1.61. The maximum absolute atomic E-state index is 13.6. The number of carbonyl (C=O) groups excluding carboxylic acids is 3. The van der Waals surface area contributed by atoms with Crippen molar-refractivity contribution in [3.8, 4) is 0 Å². The van der Waals surface area contributed by atoms with Crippen LogP contribution in [0.3, 0.4) is 0 Å². The standard InChI is InChI=1S/C19H15FN2O3S/c20-15-9-5-4-8-14(15)17(23)21-10-11-22-18(24)16(26-19(22)25)12-13-6-2-1-3-7-13/h1-9,12H,10-11H2,(H,21,23). The largest absolute Gasteiger partial charge is 0.350 e. The molecular formula is C19H15FN2O3S. The Bertz CT molecular complexity index is 883. The first-order valence-electron chi connectivity index (χ1n) is 7.89. The Balaban J connectivity index is 1.59. The van der Waals surface area contributed by atoms with Gasteiger partial charge in [0.25, 0.3) is 17.1 Å². The van der Waals surface area contributed by atoms with Gasteiger partial charge in [-0.1, -0.05) is 42.5 Å².